The van der Waals surface area contributed by atoms with Crippen molar-refractivity contribution in [2.45, 2.75) is 30.7 Å². The highest BCUT2D eigenvalue weighted by molar-refractivity contribution is 7.89. The average molecular weight is 374 g/mol. The largest absolute Gasteiger partial charge is 0.329 e. The third-order valence-corrected chi connectivity index (χ3v) is 6.34. The lowest BCUT2D eigenvalue weighted by Gasteiger charge is -2.37. The topological polar surface area (TPSA) is 63.4 Å². The minimum atomic E-state index is -3.66. The zero-order valence-corrected chi connectivity index (χ0v) is 14.8. The van der Waals surface area contributed by atoms with Crippen molar-refractivity contribution in [1.82, 2.24) is 4.31 Å². The molecule has 2 rings (SSSR count). The van der Waals surface area contributed by atoms with Crippen LogP contribution in [0.1, 0.15) is 19.8 Å². The van der Waals surface area contributed by atoms with E-state index in [1.807, 2.05) is 0 Å². The number of halogens is 3. The molecule has 2 unspecified atom stereocenters. The van der Waals surface area contributed by atoms with E-state index in [9.17, 15) is 8.42 Å². The molecular formula is C13H19Cl3N2O2S. The predicted octanol–water partition coefficient (Wildman–Crippen LogP) is 3.16. The van der Waals surface area contributed by atoms with Crippen LogP contribution >= 0.6 is 35.6 Å². The van der Waals surface area contributed by atoms with Crippen LogP contribution in [0.5, 0.6) is 0 Å². The van der Waals surface area contributed by atoms with Gasteiger partial charge in [-0.15, -0.1) is 12.4 Å². The molecule has 0 aliphatic carbocycles. The van der Waals surface area contributed by atoms with E-state index in [0.29, 0.717) is 24.0 Å². The van der Waals surface area contributed by atoms with Gasteiger partial charge in [0.15, 0.2) is 0 Å². The van der Waals surface area contributed by atoms with E-state index in [1.165, 1.54) is 16.4 Å². The highest BCUT2D eigenvalue weighted by Crippen LogP contribution is 2.32. The Morgan fingerprint density at radius 1 is 1.38 bits per heavy atom. The molecule has 120 valence electrons. The van der Waals surface area contributed by atoms with E-state index in [2.05, 4.69) is 6.92 Å². The van der Waals surface area contributed by atoms with Gasteiger partial charge in [0, 0.05) is 24.2 Å². The third-order valence-electron chi connectivity index (χ3n) is 3.68. The first-order chi connectivity index (χ1) is 9.36. The number of rotatable bonds is 3. The van der Waals surface area contributed by atoms with Crippen LogP contribution in [-0.2, 0) is 10.0 Å². The average Bonchev–Trinajstić information content (AvgIpc) is 2.40. The Balaban J connectivity index is 0.00000220. The van der Waals surface area contributed by atoms with E-state index in [0.717, 1.165) is 12.8 Å². The minimum absolute atomic E-state index is 0. The first-order valence-corrected chi connectivity index (χ1v) is 8.73. The maximum Gasteiger partial charge on any atom is 0.244 e. The van der Waals surface area contributed by atoms with Crippen LogP contribution < -0.4 is 5.73 Å². The Bertz CT molecular complexity index is 595. The molecule has 2 atom stereocenters. The fourth-order valence-corrected chi connectivity index (χ4v) is 4.96. The number of hydrogen-bond acceptors (Lipinski definition) is 3. The Kier molecular flexibility index (Phi) is 6.78. The lowest BCUT2D eigenvalue weighted by molar-refractivity contribution is 0.211. The number of hydrogen-bond donors (Lipinski definition) is 1. The molecule has 1 fully saturated rings. The van der Waals surface area contributed by atoms with Crippen molar-refractivity contribution in [2.24, 2.45) is 11.7 Å². The van der Waals surface area contributed by atoms with Crippen LogP contribution in [0.3, 0.4) is 0 Å². The van der Waals surface area contributed by atoms with Gasteiger partial charge in [-0.3, -0.25) is 0 Å². The van der Waals surface area contributed by atoms with Crippen molar-refractivity contribution in [3.63, 3.8) is 0 Å². The minimum Gasteiger partial charge on any atom is -0.329 e. The van der Waals surface area contributed by atoms with Crippen LogP contribution in [-0.4, -0.2) is 31.9 Å². The summed E-state index contributed by atoms with van der Waals surface area (Å²) in [5, 5.41) is 0.534. The van der Waals surface area contributed by atoms with Gasteiger partial charge in [0.1, 0.15) is 4.90 Å². The molecule has 2 N–H and O–H groups in total. The number of nitrogens with zero attached hydrogens (tertiary/aromatic N) is 1. The molecule has 4 nitrogen and oxygen atoms in total. The van der Waals surface area contributed by atoms with Crippen molar-refractivity contribution in [3.8, 4) is 0 Å². The van der Waals surface area contributed by atoms with Crippen LogP contribution in [0.25, 0.3) is 0 Å². The molecule has 21 heavy (non-hydrogen) atoms. The number of sulfonamides is 1. The van der Waals surface area contributed by atoms with E-state index in [-0.39, 0.29) is 28.4 Å². The summed E-state index contributed by atoms with van der Waals surface area (Å²) in [7, 11) is -3.66. The van der Waals surface area contributed by atoms with Gasteiger partial charge >= 0.3 is 0 Å². The normalized spacial score (nSPS) is 23.6. The molecule has 0 aromatic heterocycles. The summed E-state index contributed by atoms with van der Waals surface area (Å²) in [5.41, 5.74) is 5.73. The maximum absolute atomic E-state index is 12.8. The van der Waals surface area contributed by atoms with Gasteiger partial charge in [0.05, 0.1) is 5.02 Å². The third kappa shape index (κ3) is 4.03. The second kappa shape index (κ2) is 7.49. The van der Waals surface area contributed by atoms with Crippen LogP contribution in [0, 0.1) is 5.92 Å². The van der Waals surface area contributed by atoms with Gasteiger partial charge in [-0.2, -0.15) is 4.31 Å². The van der Waals surface area contributed by atoms with Gasteiger partial charge in [-0.05, 0) is 37.0 Å². The Hall–Kier alpha value is -0.0400. The van der Waals surface area contributed by atoms with Crippen LogP contribution in [0.4, 0.5) is 0 Å². The highest BCUT2D eigenvalue weighted by atomic mass is 35.5. The van der Waals surface area contributed by atoms with Gasteiger partial charge in [-0.25, -0.2) is 8.42 Å². The van der Waals surface area contributed by atoms with Crippen molar-refractivity contribution < 1.29 is 8.42 Å². The smallest absolute Gasteiger partial charge is 0.244 e. The Morgan fingerprint density at radius 3 is 2.67 bits per heavy atom. The second-order valence-electron chi connectivity index (χ2n) is 5.21. The fraction of sp³-hybridized carbons (Fsp3) is 0.538. The first kappa shape index (κ1) is 19.0. The predicted molar refractivity (Wildman–Crippen MR) is 88.8 cm³/mol. The summed E-state index contributed by atoms with van der Waals surface area (Å²) in [5.74, 6) is 0.477. The first-order valence-electron chi connectivity index (χ1n) is 6.53. The summed E-state index contributed by atoms with van der Waals surface area (Å²) in [6, 6.07) is 4.28. The fourth-order valence-electron chi connectivity index (χ4n) is 2.56. The molecule has 0 spiro atoms. The summed E-state index contributed by atoms with van der Waals surface area (Å²) in [4.78, 5) is 0.0552. The monoisotopic (exact) mass is 372 g/mol. The van der Waals surface area contributed by atoms with Gasteiger partial charge in [0.25, 0.3) is 0 Å². The number of benzene rings is 1. The zero-order chi connectivity index (χ0) is 14.9. The standard InChI is InChI=1S/C13H18Cl2N2O2S.ClH/c1-9-4-5-17(11(6-9)8-16)20(18,19)13-7-10(14)2-3-12(13)15;/h2-3,7,9,11H,4-6,8,16H2,1H3;1H. The molecule has 1 aliphatic heterocycles. The second-order valence-corrected chi connectivity index (χ2v) is 7.91. The molecule has 1 saturated heterocycles. The summed E-state index contributed by atoms with van der Waals surface area (Å²) in [6.45, 7) is 2.88. The number of piperidine rings is 1. The molecule has 0 amide bonds. The molecule has 0 bridgehead atoms. The Labute approximate surface area is 142 Å². The van der Waals surface area contributed by atoms with E-state index >= 15 is 0 Å². The number of nitrogens with two attached hydrogens (primary N) is 1. The van der Waals surface area contributed by atoms with Crippen LogP contribution in [0.2, 0.25) is 10.0 Å². The molecule has 1 heterocycles. The van der Waals surface area contributed by atoms with Crippen molar-refractivity contribution in [1.29, 1.82) is 0 Å². The van der Waals surface area contributed by atoms with Crippen LogP contribution in [0.15, 0.2) is 23.1 Å². The van der Waals surface area contributed by atoms with E-state index < -0.39 is 10.0 Å². The van der Waals surface area contributed by atoms with Gasteiger partial charge < -0.3 is 5.73 Å². The molecule has 0 saturated carbocycles. The Morgan fingerprint density at radius 2 is 2.05 bits per heavy atom. The molecule has 1 aromatic carbocycles. The zero-order valence-electron chi connectivity index (χ0n) is 11.6. The lowest BCUT2D eigenvalue weighted by atomic mass is 9.94. The molecule has 1 aliphatic rings. The van der Waals surface area contributed by atoms with Crippen molar-refractivity contribution in [2.75, 3.05) is 13.1 Å². The summed E-state index contributed by atoms with van der Waals surface area (Å²) < 4.78 is 27.0. The molecule has 8 heteroatoms. The van der Waals surface area contributed by atoms with E-state index in [4.69, 9.17) is 28.9 Å². The van der Waals surface area contributed by atoms with Crippen molar-refractivity contribution in [3.05, 3.63) is 28.2 Å². The molecule has 0 radical (unpaired) electrons. The lowest BCUT2D eigenvalue weighted by Crippen LogP contribution is -2.49. The summed E-state index contributed by atoms with van der Waals surface area (Å²) >= 11 is 11.9. The van der Waals surface area contributed by atoms with Gasteiger partial charge in [-0.1, -0.05) is 30.1 Å². The summed E-state index contributed by atoms with van der Waals surface area (Å²) in [6.07, 6.45) is 1.60. The SMILES string of the molecule is CC1CCN(S(=O)(=O)c2cc(Cl)ccc2Cl)C(CN)C1.Cl. The maximum atomic E-state index is 12.8. The quantitative estimate of drug-likeness (QED) is 0.885. The van der Waals surface area contributed by atoms with Crippen molar-refractivity contribution >= 4 is 45.6 Å². The van der Waals surface area contributed by atoms with Gasteiger partial charge in [0.2, 0.25) is 10.0 Å². The highest BCUT2D eigenvalue weighted by Gasteiger charge is 2.36. The molecule has 1 aromatic rings. The van der Waals surface area contributed by atoms with E-state index in [1.54, 1.807) is 6.07 Å². The molecular weight excluding hydrogens is 355 g/mol.